The highest BCUT2D eigenvalue weighted by Gasteiger charge is 2.37. The SMILES string of the molecule is O=S(=O)(NC1(CBr)CCCC1)c1cc(Br)ccc1Br. The second-order valence-corrected chi connectivity index (χ2v) is 8.78. The molecule has 0 bridgehead atoms. The Kier molecular flexibility index (Phi) is 5.15. The molecule has 0 saturated heterocycles. The van der Waals surface area contributed by atoms with Crippen LogP contribution < -0.4 is 4.72 Å². The lowest BCUT2D eigenvalue weighted by atomic mass is 10.0. The third-order valence-electron chi connectivity index (χ3n) is 3.35. The molecule has 2 rings (SSSR count). The molecule has 106 valence electrons. The molecule has 0 radical (unpaired) electrons. The molecule has 7 heteroatoms. The quantitative estimate of drug-likeness (QED) is 0.663. The first-order chi connectivity index (χ1) is 8.88. The zero-order valence-electron chi connectivity index (χ0n) is 10.1. The number of nitrogens with one attached hydrogen (secondary N) is 1. The third kappa shape index (κ3) is 3.61. The Morgan fingerprint density at radius 1 is 1.21 bits per heavy atom. The van der Waals surface area contributed by atoms with Gasteiger partial charge in [-0.15, -0.1) is 0 Å². The minimum absolute atomic E-state index is 0.272. The molecule has 0 atom stereocenters. The molecule has 0 heterocycles. The molecule has 1 aliphatic carbocycles. The fourth-order valence-corrected chi connectivity index (χ4v) is 6.19. The second-order valence-electron chi connectivity index (χ2n) is 4.80. The van der Waals surface area contributed by atoms with Gasteiger partial charge in [-0.25, -0.2) is 13.1 Å². The van der Waals surface area contributed by atoms with Crippen molar-refractivity contribution in [3.05, 3.63) is 27.1 Å². The van der Waals surface area contributed by atoms with Gasteiger partial charge in [0.05, 0.1) is 4.90 Å². The summed E-state index contributed by atoms with van der Waals surface area (Å²) in [5, 5.41) is 0.644. The molecule has 1 saturated carbocycles. The van der Waals surface area contributed by atoms with Gasteiger partial charge in [0.1, 0.15) is 0 Å². The minimum atomic E-state index is -3.52. The van der Waals surface area contributed by atoms with Crippen molar-refractivity contribution in [2.24, 2.45) is 0 Å². The molecule has 3 nitrogen and oxygen atoms in total. The van der Waals surface area contributed by atoms with Gasteiger partial charge >= 0.3 is 0 Å². The van der Waals surface area contributed by atoms with Crippen LogP contribution in [0.15, 0.2) is 32.0 Å². The third-order valence-corrected chi connectivity index (χ3v) is 7.49. The van der Waals surface area contributed by atoms with Crippen LogP contribution in [0.2, 0.25) is 0 Å². The summed E-state index contributed by atoms with van der Waals surface area (Å²) in [4.78, 5) is 0.272. The summed E-state index contributed by atoms with van der Waals surface area (Å²) in [6.07, 6.45) is 3.88. The Morgan fingerprint density at radius 3 is 2.42 bits per heavy atom. The number of alkyl halides is 1. The molecule has 1 aromatic carbocycles. The first kappa shape index (κ1) is 15.9. The topological polar surface area (TPSA) is 46.2 Å². The van der Waals surface area contributed by atoms with Crippen LogP contribution in [0.1, 0.15) is 25.7 Å². The summed E-state index contributed by atoms with van der Waals surface area (Å²) < 4.78 is 29.3. The summed E-state index contributed by atoms with van der Waals surface area (Å²) in [6, 6.07) is 5.15. The largest absolute Gasteiger partial charge is 0.242 e. The van der Waals surface area contributed by atoms with E-state index in [-0.39, 0.29) is 10.4 Å². The van der Waals surface area contributed by atoms with Crippen LogP contribution in [-0.4, -0.2) is 19.3 Å². The Balaban J connectivity index is 2.34. The first-order valence-corrected chi connectivity index (χ1v) is 10.1. The van der Waals surface area contributed by atoms with E-state index in [4.69, 9.17) is 0 Å². The van der Waals surface area contributed by atoms with Crippen molar-refractivity contribution in [3.63, 3.8) is 0 Å². The lowest BCUT2D eigenvalue weighted by molar-refractivity contribution is 0.437. The van der Waals surface area contributed by atoms with Gasteiger partial charge in [-0.1, -0.05) is 44.7 Å². The molecule has 19 heavy (non-hydrogen) atoms. The molecule has 0 amide bonds. The summed E-state index contributed by atoms with van der Waals surface area (Å²) in [6.45, 7) is 0. The van der Waals surface area contributed by atoms with Crippen molar-refractivity contribution in [2.75, 3.05) is 5.33 Å². The Hall–Kier alpha value is 0.570. The van der Waals surface area contributed by atoms with Crippen LogP contribution in [-0.2, 0) is 10.0 Å². The highest BCUT2D eigenvalue weighted by atomic mass is 79.9. The van der Waals surface area contributed by atoms with Crippen LogP contribution in [0.4, 0.5) is 0 Å². The van der Waals surface area contributed by atoms with Gasteiger partial charge in [0.15, 0.2) is 0 Å². The van der Waals surface area contributed by atoms with Crippen LogP contribution in [0.5, 0.6) is 0 Å². The number of halogens is 3. The van der Waals surface area contributed by atoms with E-state index >= 15 is 0 Å². The van der Waals surface area contributed by atoms with Gasteiger partial charge in [0.2, 0.25) is 10.0 Å². The predicted molar refractivity (Wildman–Crippen MR) is 87.2 cm³/mol. The van der Waals surface area contributed by atoms with Gasteiger partial charge in [0.25, 0.3) is 0 Å². The minimum Gasteiger partial charge on any atom is -0.207 e. The van der Waals surface area contributed by atoms with Crippen LogP contribution in [0.25, 0.3) is 0 Å². The maximum absolute atomic E-state index is 12.5. The number of benzene rings is 1. The molecule has 1 aromatic rings. The molecule has 0 aliphatic heterocycles. The molecule has 1 N–H and O–H groups in total. The average Bonchev–Trinajstić information content (AvgIpc) is 2.80. The molecule has 0 unspecified atom stereocenters. The van der Waals surface area contributed by atoms with E-state index in [0.717, 1.165) is 30.2 Å². The zero-order valence-corrected chi connectivity index (χ0v) is 15.7. The number of hydrogen-bond donors (Lipinski definition) is 1. The Bertz CT molecular complexity index is 568. The summed E-state index contributed by atoms with van der Waals surface area (Å²) >= 11 is 10.1. The molecule has 0 aromatic heterocycles. The van der Waals surface area contributed by atoms with E-state index in [1.807, 2.05) is 0 Å². The van der Waals surface area contributed by atoms with Crippen molar-refractivity contribution in [2.45, 2.75) is 36.1 Å². The maximum atomic E-state index is 12.5. The first-order valence-electron chi connectivity index (χ1n) is 5.94. The van der Waals surface area contributed by atoms with E-state index in [2.05, 4.69) is 52.5 Å². The fourth-order valence-electron chi connectivity index (χ4n) is 2.34. The molecular formula is C12H14Br3NO2S. The van der Waals surface area contributed by atoms with Gasteiger partial charge in [0, 0.05) is 19.8 Å². The lowest BCUT2D eigenvalue weighted by Crippen LogP contribution is -2.47. The van der Waals surface area contributed by atoms with Gasteiger partial charge in [-0.2, -0.15) is 0 Å². The van der Waals surface area contributed by atoms with Crippen LogP contribution in [0.3, 0.4) is 0 Å². The van der Waals surface area contributed by atoms with Gasteiger partial charge < -0.3 is 0 Å². The van der Waals surface area contributed by atoms with Crippen molar-refractivity contribution >= 4 is 57.8 Å². The van der Waals surface area contributed by atoms with Crippen molar-refractivity contribution < 1.29 is 8.42 Å². The molecule has 1 fully saturated rings. The number of hydrogen-bond acceptors (Lipinski definition) is 2. The van der Waals surface area contributed by atoms with E-state index in [0.29, 0.717) is 9.80 Å². The highest BCUT2D eigenvalue weighted by molar-refractivity contribution is 9.11. The van der Waals surface area contributed by atoms with E-state index in [1.165, 1.54) is 0 Å². The van der Waals surface area contributed by atoms with Crippen LogP contribution >= 0.6 is 47.8 Å². The van der Waals surface area contributed by atoms with E-state index < -0.39 is 10.0 Å². The normalized spacial score (nSPS) is 18.7. The average molecular weight is 476 g/mol. The molecular weight excluding hydrogens is 462 g/mol. The summed E-state index contributed by atoms with van der Waals surface area (Å²) in [5.74, 6) is 0. The second kappa shape index (κ2) is 6.13. The standard InChI is InChI=1S/C12H14Br3NO2S/c13-8-12(5-1-2-6-12)16-19(17,18)11-7-9(14)3-4-10(11)15/h3-4,7,16H,1-2,5-6,8H2. The smallest absolute Gasteiger partial charge is 0.207 e. The molecule has 0 spiro atoms. The Labute approximate surface area is 139 Å². The Morgan fingerprint density at radius 2 is 1.84 bits per heavy atom. The maximum Gasteiger partial charge on any atom is 0.242 e. The van der Waals surface area contributed by atoms with Gasteiger partial charge in [-0.3, -0.25) is 0 Å². The van der Waals surface area contributed by atoms with E-state index in [1.54, 1.807) is 18.2 Å². The highest BCUT2D eigenvalue weighted by Crippen LogP contribution is 2.34. The zero-order chi connectivity index (χ0) is 14.1. The van der Waals surface area contributed by atoms with Crippen LogP contribution in [0, 0.1) is 0 Å². The lowest BCUT2D eigenvalue weighted by Gasteiger charge is -2.28. The van der Waals surface area contributed by atoms with Crippen molar-refractivity contribution in [1.29, 1.82) is 0 Å². The molecule has 1 aliphatic rings. The summed E-state index contributed by atoms with van der Waals surface area (Å²) in [7, 11) is -3.52. The van der Waals surface area contributed by atoms with Gasteiger partial charge in [-0.05, 0) is 47.0 Å². The number of sulfonamides is 1. The summed E-state index contributed by atoms with van der Waals surface area (Å²) in [5.41, 5.74) is -0.347. The van der Waals surface area contributed by atoms with E-state index in [9.17, 15) is 8.42 Å². The van der Waals surface area contributed by atoms with Crippen molar-refractivity contribution in [3.8, 4) is 0 Å². The predicted octanol–water partition coefficient (Wildman–Crippen LogP) is 4.20. The van der Waals surface area contributed by atoms with Crippen molar-refractivity contribution in [1.82, 2.24) is 4.72 Å². The number of rotatable bonds is 4. The monoisotopic (exact) mass is 473 g/mol. The fraction of sp³-hybridized carbons (Fsp3) is 0.500.